The summed E-state index contributed by atoms with van der Waals surface area (Å²) in [4.78, 5) is 0. The van der Waals surface area contributed by atoms with Gasteiger partial charge in [-0.1, -0.05) is 35.9 Å². The minimum atomic E-state index is -0.593. The predicted molar refractivity (Wildman–Crippen MR) is 70.4 cm³/mol. The first kappa shape index (κ1) is 12.9. The molecular weight excluding hydrogens is 253 g/mol. The lowest BCUT2D eigenvalue weighted by Gasteiger charge is -2.15. The number of hydrogen-bond donors (Lipinski definition) is 1. The SMILES string of the molecule is COc1ccc(C(N)c2ccccc2Cl)c(F)c1. The van der Waals surface area contributed by atoms with Crippen molar-refractivity contribution in [1.82, 2.24) is 0 Å². The molecule has 0 fully saturated rings. The molecule has 2 N–H and O–H groups in total. The van der Waals surface area contributed by atoms with Crippen LogP contribution in [-0.2, 0) is 0 Å². The van der Waals surface area contributed by atoms with E-state index in [9.17, 15) is 4.39 Å². The predicted octanol–water partition coefficient (Wildman–Crippen LogP) is 3.54. The molecule has 0 aliphatic heterocycles. The van der Waals surface area contributed by atoms with E-state index in [0.29, 0.717) is 21.9 Å². The van der Waals surface area contributed by atoms with Crippen LogP contribution >= 0.6 is 11.6 Å². The van der Waals surface area contributed by atoms with Crippen molar-refractivity contribution in [2.45, 2.75) is 6.04 Å². The Labute approximate surface area is 110 Å². The molecule has 2 aromatic rings. The maximum absolute atomic E-state index is 13.9. The monoisotopic (exact) mass is 265 g/mol. The van der Waals surface area contributed by atoms with Crippen LogP contribution in [0.4, 0.5) is 4.39 Å². The van der Waals surface area contributed by atoms with Crippen LogP contribution in [0, 0.1) is 5.82 Å². The Kier molecular flexibility index (Phi) is 3.84. The van der Waals surface area contributed by atoms with Crippen molar-refractivity contribution >= 4 is 11.6 Å². The number of hydrogen-bond acceptors (Lipinski definition) is 2. The molecule has 0 radical (unpaired) electrons. The molecule has 2 rings (SSSR count). The van der Waals surface area contributed by atoms with E-state index < -0.39 is 11.9 Å². The third-order valence-corrected chi connectivity index (χ3v) is 3.13. The van der Waals surface area contributed by atoms with E-state index in [2.05, 4.69) is 0 Å². The van der Waals surface area contributed by atoms with Crippen LogP contribution in [0.15, 0.2) is 42.5 Å². The lowest BCUT2D eigenvalue weighted by atomic mass is 9.99. The third kappa shape index (κ3) is 2.47. The number of rotatable bonds is 3. The molecule has 1 atom stereocenters. The van der Waals surface area contributed by atoms with Gasteiger partial charge in [-0.3, -0.25) is 0 Å². The van der Waals surface area contributed by atoms with Crippen LogP contribution in [0.5, 0.6) is 5.75 Å². The summed E-state index contributed by atoms with van der Waals surface area (Å²) < 4.78 is 18.9. The summed E-state index contributed by atoms with van der Waals surface area (Å²) in [6, 6.07) is 11.2. The first-order chi connectivity index (χ1) is 8.63. The fraction of sp³-hybridized carbons (Fsp3) is 0.143. The van der Waals surface area contributed by atoms with Crippen LogP contribution < -0.4 is 10.5 Å². The number of methoxy groups -OCH3 is 1. The van der Waals surface area contributed by atoms with Crippen LogP contribution in [0.25, 0.3) is 0 Å². The Hall–Kier alpha value is -1.58. The number of benzene rings is 2. The summed E-state index contributed by atoms with van der Waals surface area (Å²) in [5, 5.41) is 0.528. The van der Waals surface area contributed by atoms with Gasteiger partial charge in [0.2, 0.25) is 0 Å². The van der Waals surface area contributed by atoms with Crippen molar-refractivity contribution < 1.29 is 9.13 Å². The largest absolute Gasteiger partial charge is 0.497 e. The Morgan fingerprint density at radius 1 is 1.17 bits per heavy atom. The Morgan fingerprint density at radius 2 is 1.89 bits per heavy atom. The van der Waals surface area contributed by atoms with Crippen LogP contribution in [0.1, 0.15) is 17.2 Å². The van der Waals surface area contributed by atoms with Gasteiger partial charge in [-0.25, -0.2) is 4.39 Å². The van der Waals surface area contributed by atoms with Crippen molar-refractivity contribution in [1.29, 1.82) is 0 Å². The molecule has 0 heterocycles. The zero-order valence-electron chi connectivity index (χ0n) is 9.86. The molecule has 0 aliphatic carbocycles. The zero-order chi connectivity index (χ0) is 13.1. The van der Waals surface area contributed by atoms with Gasteiger partial charge in [0.25, 0.3) is 0 Å². The molecule has 0 aromatic heterocycles. The van der Waals surface area contributed by atoms with E-state index >= 15 is 0 Å². The van der Waals surface area contributed by atoms with Gasteiger partial charge in [-0.2, -0.15) is 0 Å². The normalized spacial score (nSPS) is 12.2. The van der Waals surface area contributed by atoms with Gasteiger partial charge < -0.3 is 10.5 Å². The Morgan fingerprint density at radius 3 is 2.50 bits per heavy atom. The maximum atomic E-state index is 13.9. The van der Waals surface area contributed by atoms with Crippen LogP contribution in [0.2, 0.25) is 5.02 Å². The average Bonchev–Trinajstić information content (AvgIpc) is 2.38. The van der Waals surface area contributed by atoms with Crippen LogP contribution in [0.3, 0.4) is 0 Å². The van der Waals surface area contributed by atoms with E-state index in [1.54, 1.807) is 24.3 Å². The van der Waals surface area contributed by atoms with Crippen molar-refractivity contribution in [2.75, 3.05) is 7.11 Å². The van der Waals surface area contributed by atoms with Crippen molar-refractivity contribution in [2.24, 2.45) is 5.73 Å². The summed E-state index contributed by atoms with van der Waals surface area (Å²) >= 11 is 6.05. The molecule has 0 aliphatic rings. The molecule has 4 heteroatoms. The molecule has 0 bridgehead atoms. The molecule has 0 spiro atoms. The van der Waals surface area contributed by atoms with E-state index in [4.69, 9.17) is 22.1 Å². The Balaban J connectivity index is 2.40. The van der Waals surface area contributed by atoms with Crippen molar-refractivity contribution in [3.05, 3.63) is 64.4 Å². The molecule has 2 aromatic carbocycles. The molecule has 18 heavy (non-hydrogen) atoms. The van der Waals surface area contributed by atoms with Crippen LogP contribution in [-0.4, -0.2) is 7.11 Å². The molecular formula is C14H13ClFNO. The quantitative estimate of drug-likeness (QED) is 0.921. The fourth-order valence-corrected chi connectivity index (χ4v) is 2.04. The highest BCUT2D eigenvalue weighted by atomic mass is 35.5. The zero-order valence-corrected chi connectivity index (χ0v) is 10.6. The summed E-state index contributed by atoms with van der Waals surface area (Å²) in [5.41, 5.74) is 7.13. The second-order valence-corrected chi connectivity index (χ2v) is 4.29. The maximum Gasteiger partial charge on any atom is 0.132 e. The summed E-state index contributed by atoms with van der Waals surface area (Å²) in [6.45, 7) is 0. The standard InChI is InChI=1S/C14H13ClFNO/c1-18-9-6-7-11(13(16)8-9)14(17)10-4-2-3-5-12(10)15/h2-8,14H,17H2,1H3. The molecule has 0 amide bonds. The highest BCUT2D eigenvalue weighted by molar-refractivity contribution is 6.31. The van der Waals surface area contributed by atoms with Gasteiger partial charge in [0.05, 0.1) is 13.2 Å². The fourth-order valence-electron chi connectivity index (χ4n) is 1.78. The Bertz CT molecular complexity index is 559. The van der Waals surface area contributed by atoms with Gasteiger partial charge in [0.15, 0.2) is 0 Å². The first-order valence-electron chi connectivity index (χ1n) is 5.47. The lowest BCUT2D eigenvalue weighted by molar-refractivity contribution is 0.410. The number of nitrogens with two attached hydrogens (primary N) is 1. The average molecular weight is 266 g/mol. The van der Waals surface area contributed by atoms with Gasteiger partial charge in [-0.05, 0) is 17.7 Å². The van der Waals surface area contributed by atoms with E-state index in [1.807, 2.05) is 12.1 Å². The second-order valence-electron chi connectivity index (χ2n) is 3.89. The van der Waals surface area contributed by atoms with Crippen molar-refractivity contribution in [3.8, 4) is 5.75 Å². The van der Waals surface area contributed by atoms with Crippen molar-refractivity contribution in [3.63, 3.8) is 0 Å². The minimum absolute atomic E-state index is 0.393. The van der Waals surface area contributed by atoms with E-state index in [1.165, 1.54) is 13.2 Å². The van der Waals surface area contributed by atoms with Gasteiger partial charge in [0, 0.05) is 16.7 Å². The molecule has 94 valence electrons. The number of ether oxygens (including phenoxy) is 1. The van der Waals surface area contributed by atoms with E-state index in [0.717, 1.165) is 0 Å². The molecule has 0 saturated heterocycles. The molecule has 0 saturated carbocycles. The number of halogens is 2. The summed E-state index contributed by atoms with van der Waals surface area (Å²) in [5.74, 6) is 0.0596. The topological polar surface area (TPSA) is 35.2 Å². The highest BCUT2D eigenvalue weighted by Gasteiger charge is 2.16. The van der Waals surface area contributed by atoms with Gasteiger partial charge >= 0.3 is 0 Å². The van der Waals surface area contributed by atoms with E-state index in [-0.39, 0.29) is 0 Å². The van der Waals surface area contributed by atoms with Gasteiger partial charge in [-0.15, -0.1) is 0 Å². The summed E-state index contributed by atoms with van der Waals surface area (Å²) in [7, 11) is 1.49. The lowest BCUT2D eigenvalue weighted by Crippen LogP contribution is -2.14. The first-order valence-corrected chi connectivity index (χ1v) is 5.84. The second kappa shape index (κ2) is 5.38. The summed E-state index contributed by atoms with van der Waals surface area (Å²) in [6.07, 6.45) is 0. The minimum Gasteiger partial charge on any atom is -0.497 e. The molecule has 1 unspecified atom stereocenters. The third-order valence-electron chi connectivity index (χ3n) is 2.78. The molecule has 2 nitrogen and oxygen atoms in total. The van der Waals surface area contributed by atoms with Gasteiger partial charge in [0.1, 0.15) is 11.6 Å². The smallest absolute Gasteiger partial charge is 0.132 e. The highest BCUT2D eigenvalue weighted by Crippen LogP contribution is 2.29.